The fraction of sp³-hybridized carbons (Fsp3) is 0.111. The Kier molecular flexibility index (Phi) is 4.99. The molecule has 1 aliphatic heterocycles. The van der Waals surface area contributed by atoms with Gasteiger partial charge in [0.1, 0.15) is 5.75 Å². The van der Waals surface area contributed by atoms with E-state index in [1.54, 1.807) is 18.2 Å². The Bertz CT molecular complexity index is 952. The van der Waals surface area contributed by atoms with Crippen molar-refractivity contribution in [3.05, 3.63) is 74.4 Å². The molecule has 0 unspecified atom stereocenters. The number of carbonyl (C=O) groups is 1. The first-order valence-electron chi connectivity index (χ1n) is 7.68. The smallest absolute Gasteiger partial charge is 0.363 e. The van der Waals surface area contributed by atoms with Crippen LogP contribution in [0.3, 0.4) is 0 Å². The summed E-state index contributed by atoms with van der Waals surface area (Å²) < 4.78 is 10.7. The average molecular weight is 373 g/mol. The maximum atomic E-state index is 12.1. The SMILES string of the molecule is CCOc1ccccc1/C=C1\N=C(c2cc([N+](=O)[O-])ccc2Cl)OC1=O. The van der Waals surface area contributed by atoms with Gasteiger partial charge in [0, 0.05) is 17.7 Å². The van der Waals surface area contributed by atoms with E-state index in [9.17, 15) is 14.9 Å². The summed E-state index contributed by atoms with van der Waals surface area (Å²) in [4.78, 5) is 26.7. The molecule has 8 heteroatoms. The normalized spacial score (nSPS) is 14.9. The molecule has 1 heterocycles. The van der Waals surface area contributed by atoms with Gasteiger partial charge in [-0.2, -0.15) is 0 Å². The maximum absolute atomic E-state index is 12.1. The van der Waals surface area contributed by atoms with E-state index in [0.29, 0.717) is 17.9 Å². The summed E-state index contributed by atoms with van der Waals surface area (Å²) in [7, 11) is 0. The number of halogens is 1. The molecule has 0 saturated carbocycles. The lowest BCUT2D eigenvalue weighted by atomic mass is 10.1. The predicted molar refractivity (Wildman–Crippen MR) is 96.3 cm³/mol. The third-order valence-corrected chi connectivity index (χ3v) is 3.85. The van der Waals surface area contributed by atoms with E-state index in [-0.39, 0.29) is 27.9 Å². The predicted octanol–water partition coefficient (Wildman–Crippen LogP) is 3.99. The van der Waals surface area contributed by atoms with Crippen molar-refractivity contribution in [2.45, 2.75) is 6.92 Å². The number of hydrogen-bond acceptors (Lipinski definition) is 6. The van der Waals surface area contributed by atoms with Crippen molar-refractivity contribution in [2.24, 2.45) is 4.99 Å². The second kappa shape index (κ2) is 7.37. The van der Waals surface area contributed by atoms with Gasteiger partial charge in [-0.05, 0) is 25.1 Å². The van der Waals surface area contributed by atoms with Gasteiger partial charge in [0.05, 0.1) is 22.1 Å². The molecule has 26 heavy (non-hydrogen) atoms. The molecule has 2 aromatic rings. The zero-order chi connectivity index (χ0) is 18.7. The Morgan fingerprint density at radius 1 is 1.31 bits per heavy atom. The van der Waals surface area contributed by atoms with Crippen molar-refractivity contribution in [2.75, 3.05) is 6.61 Å². The minimum absolute atomic E-state index is 0.0507. The number of cyclic esters (lactones) is 1. The van der Waals surface area contributed by atoms with Gasteiger partial charge in [-0.25, -0.2) is 9.79 Å². The molecule has 132 valence electrons. The number of nitrogens with zero attached hydrogens (tertiary/aromatic N) is 2. The second-order valence-corrected chi connectivity index (χ2v) is 5.64. The van der Waals surface area contributed by atoms with Crippen molar-refractivity contribution >= 4 is 35.2 Å². The molecule has 0 spiro atoms. The highest BCUT2D eigenvalue weighted by Gasteiger charge is 2.27. The number of nitro groups is 1. The first-order chi connectivity index (χ1) is 12.5. The fourth-order valence-electron chi connectivity index (χ4n) is 2.35. The minimum Gasteiger partial charge on any atom is -0.493 e. The summed E-state index contributed by atoms with van der Waals surface area (Å²) in [5.41, 5.74) is 0.712. The zero-order valence-corrected chi connectivity index (χ0v) is 14.4. The highest BCUT2D eigenvalue weighted by molar-refractivity contribution is 6.34. The van der Waals surface area contributed by atoms with Gasteiger partial charge < -0.3 is 9.47 Å². The quantitative estimate of drug-likeness (QED) is 0.342. The third-order valence-electron chi connectivity index (χ3n) is 3.52. The number of hydrogen-bond donors (Lipinski definition) is 0. The van der Waals surface area contributed by atoms with Gasteiger partial charge in [0.15, 0.2) is 5.70 Å². The van der Waals surface area contributed by atoms with Crippen LogP contribution >= 0.6 is 11.6 Å². The fourth-order valence-corrected chi connectivity index (χ4v) is 2.55. The van der Waals surface area contributed by atoms with Crippen LogP contribution in [0.1, 0.15) is 18.1 Å². The van der Waals surface area contributed by atoms with Crippen LogP contribution in [0.4, 0.5) is 5.69 Å². The molecular weight excluding hydrogens is 360 g/mol. The van der Waals surface area contributed by atoms with Gasteiger partial charge in [-0.3, -0.25) is 10.1 Å². The number of carbonyl (C=O) groups excluding carboxylic acids is 1. The molecule has 0 amide bonds. The van der Waals surface area contributed by atoms with Gasteiger partial charge in [-0.1, -0.05) is 29.8 Å². The highest BCUT2D eigenvalue weighted by Crippen LogP contribution is 2.28. The monoisotopic (exact) mass is 372 g/mol. The number of ether oxygens (including phenoxy) is 2. The van der Waals surface area contributed by atoms with Gasteiger partial charge in [-0.15, -0.1) is 0 Å². The van der Waals surface area contributed by atoms with Crippen LogP contribution in [0, 0.1) is 10.1 Å². The molecule has 2 aromatic carbocycles. The largest absolute Gasteiger partial charge is 0.493 e. The Balaban J connectivity index is 2.00. The van der Waals surface area contributed by atoms with Crippen LogP contribution in [-0.4, -0.2) is 23.4 Å². The molecular formula is C18H13ClN2O5. The number of nitro benzene ring substituents is 1. The number of esters is 1. The first-order valence-corrected chi connectivity index (χ1v) is 8.06. The maximum Gasteiger partial charge on any atom is 0.363 e. The average Bonchev–Trinajstić information content (AvgIpc) is 2.97. The summed E-state index contributed by atoms with van der Waals surface area (Å²) in [6, 6.07) is 11.0. The van der Waals surface area contributed by atoms with Gasteiger partial charge in [0.2, 0.25) is 5.90 Å². The summed E-state index contributed by atoms with van der Waals surface area (Å²) in [5, 5.41) is 11.1. The lowest BCUT2D eigenvalue weighted by molar-refractivity contribution is -0.384. The van der Waals surface area contributed by atoms with Crippen molar-refractivity contribution in [1.29, 1.82) is 0 Å². The molecule has 0 aromatic heterocycles. The number of non-ortho nitro benzene ring substituents is 1. The first kappa shape index (κ1) is 17.6. The van der Waals surface area contributed by atoms with Crippen LogP contribution in [-0.2, 0) is 9.53 Å². The van der Waals surface area contributed by atoms with Crippen molar-refractivity contribution in [3.63, 3.8) is 0 Å². The molecule has 0 N–H and O–H groups in total. The lowest BCUT2D eigenvalue weighted by Crippen LogP contribution is -2.06. The van der Waals surface area contributed by atoms with E-state index >= 15 is 0 Å². The molecule has 0 aliphatic carbocycles. The standard InChI is InChI=1S/C18H13ClN2O5/c1-2-25-16-6-4-3-5-11(16)9-15-18(22)26-17(20-15)13-10-12(21(23)24)7-8-14(13)19/h3-10H,2H2,1H3/b15-9-. The van der Waals surface area contributed by atoms with Crippen LogP contribution < -0.4 is 4.74 Å². The molecule has 0 saturated heterocycles. The summed E-state index contributed by atoms with van der Waals surface area (Å²) in [5.74, 6) is -0.148. The van der Waals surface area contributed by atoms with E-state index in [1.807, 2.05) is 13.0 Å². The van der Waals surface area contributed by atoms with Crippen molar-refractivity contribution in [1.82, 2.24) is 0 Å². The van der Waals surface area contributed by atoms with E-state index in [2.05, 4.69) is 4.99 Å². The van der Waals surface area contributed by atoms with Crippen LogP contribution in [0.5, 0.6) is 5.75 Å². The van der Waals surface area contributed by atoms with Gasteiger partial charge in [0.25, 0.3) is 5.69 Å². The Hall–Kier alpha value is -3.19. The van der Waals surface area contributed by atoms with Crippen molar-refractivity contribution in [3.8, 4) is 5.75 Å². The second-order valence-electron chi connectivity index (χ2n) is 5.23. The third kappa shape index (κ3) is 3.57. The van der Waals surface area contributed by atoms with E-state index < -0.39 is 10.9 Å². The molecule has 0 bridgehead atoms. The van der Waals surface area contributed by atoms with E-state index in [4.69, 9.17) is 21.1 Å². The number of aliphatic imine (C=N–C) groups is 1. The topological polar surface area (TPSA) is 91.0 Å². The van der Waals surface area contributed by atoms with Crippen LogP contribution in [0.25, 0.3) is 6.08 Å². The number of para-hydroxylation sites is 1. The Labute approximate surface area is 153 Å². The Morgan fingerprint density at radius 2 is 2.08 bits per heavy atom. The van der Waals surface area contributed by atoms with E-state index in [0.717, 1.165) is 0 Å². The summed E-state index contributed by atoms with van der Waals surface area (Å²) in [6.07, 6.45) is 1.53. The van der Waals surface area contributed by atoms with Crippen LogP contribution in [0.15, 0.2) is 53.2 Å². The van der Waals surface area contributed by atoms with Gasteiger partial charge >= 0.3 is 5.97 Å². The molecule has 0 radical (unpaired) electrons. The number of rotatable bonds is 5. The molecule has 1 aliphatic rings. The molecule has 3 rings (SSSR count). The highest BCUT2D eigenvalue weighted by atomic mass is 35.5. The van der Waals surface area contributed by atoms with Crippen LogP contribution in [0.2, 0.25) is 5.02 Å². The number of benzene rings is 2. The molecule has 0 atom stereocenters. The van der Waals surface area contributed by atoms with E-state index in [1.165, 1.54) is 24.3 Å². The minimum atomic E-state index is -0.672. The zero-order valence-electron chi connectivity index (χ0n) is 13.6. The summed E-state index contributed by atoms with van der Waals surface area (Å²) in [6.45, 7) is 2.33. The Morgan fingerprint density at radius 3 is 2.81 bits per heavy atom. The van der Waals surface area contributed by atoms with Crippen molar-refractivity contribution < 1.29 is 19.2 Å². The molecule has 7 nitrogen and oxygen atoms in total. The molecule has 0 fully saturated rings. The lowest BCUT2D eigenvalue weighted by Gasteiger charge is -2.06. The summed E-state index contributed by atoms with van der Waals surface area (Å²) >= 11 is 6.07.